The second-order valence-corrected chi connectivity index (χ2v) is 4.59. The molecule has 0 spiro atoms. The van der Waals surface area contributed by atoms with E-state index in [1.165, 1.54) is 4.40 Å². The number of H-pyrrole nitrogens is 1. The molecule has 0 saturated carbocycles. The van der Waals surface area contributed by atoms with Crippen LogP contribution in [0.3, 0.4) is 0 Å². The van der Waals surface area contributed by atoms with Crippen LogP contribution in [-0.2, 0) is 5.88 Å². The van der Waals surface area contributed by atoms with Crippen LogP contribution in [0.25, 0.3) is 5.65 Å². The Morgan fingerprint density at radius 1 is 1.40 bits per heavy atom. The van der Waals surface area contributed by atoms with Crippen LogP contribution in [0.15, 0.2) is 35.1 Å². The minimum absolute atomic E-state index is 0.294. The van der Waals surface area contributed by atoms with Gasteiger partial charge in [0.1, 0.15) is 11.6 Å². The number of nitrogens with one attached hydrogen (secondary N) is 2. The van der Waals surface area contributed by atoms with E-state index in [1.807, 2.05) is 24.3 Å². The van der Waals surface area contributed by atoms with Crippen LogP contribution in [0.4, 0.5) is 11.5 Å². The van der Waals surface area contributed by atoms with E-state index in [1.54, 1.807) is 13.0 Å². The summed E-state index contributed by atoms with van der Waals surface area (Å²) in [7, 11) is 0. The van der Waals surface area contributed by atoms with Crippen LogP contribution in [0.5, 0.6) is 0 Å². The maximum atomic E-state index is 11.5. The van der Waals surface area contributed by atoms with Gasteiger partial charge >= 0.3 is 5.69 Å². The van der Waals surface area contributed by atoms with E-state index in [2.05, 4.69) is 20.5 Å². The third kappa shape index (κ3) is 2.14. The number of alkyl halides is 1. The molecule has 2 heterocycles. The summed E-state index contributed by atoms with van der Waals surface area (Å²) in [6.45, 7) is 1.75. The van der Waals surface area contributed by atoms with Crippen molar-refractivity contribution in [1.82, 2.24) is 19.6 Å². The topological polar surface area (TPSA) is 75.1 Å². The number of hydrogen-bond acceptors (Lipinski definition) is 4. The Kier molecular flexibility index (Phi) is 3.15. The van der Waals surface area contributed by atoms with E-state index in [9.17, 15) is 4.79 Å². The zero-order valence-electron chi connectivity index (χ0n) is 10.7. The molecule has 0 aliphatic heterocycles. The van der Waals surface area contributed by atoms with Crippen molar-refractivity contribution in [3.63, 3.8) is 0 Å². The van der Waals surface area contributed by atoms with Crippen LogP contribution in [0.2, 0.25) is 0 Å². The monoisotopic (exact) mass is 289 g/mol. The number of aryl methyl sites for hydroxylation is 1. The Labute approximate surface area is 119 Å². The lowest BCUT2D eigenvalue weighted by Gasteiger charge is -2.10. The summed E-state index contributed by atoms with van der Waals surface area (Å²) in [6.07, 6.45) is 0. The molecule has 2 aromatic heterocycles. The first-order valence-electron chi connectivity index (χ1n) is 6.04. The van der Waals surface area contributed by atoms with Crippen molar-refractivity contribution >= 4 is 28.8 Å². The number of fused-ring (bicyclic) bond motifs is 1. The highest BCUT2D eigenvalue weighted by Gasteiger charge is 2.08. The van der Waals surface area contributed by atoms with Gasteiger partial charge in [0.15, 0.2) is 5.65 Å². The van der Waals surface area contributed by atoms with Gasteiger partial charge in [0.25, 0.3) is 0 Å². The van der Waals surface area contributed by atoms with Gasteiger partial charge in [0, 0.05) is 17.6 Å². The van der Waals surface area contributed by atoms with Crippen LogP contribution in [0.1, 0.15) is 11.4 Å². The number of anilines is 2. The Balaban J connectivity index is 2.05. The molecule has 2 N–H and O–H groups in total. The lowest BCUT2D eigenvalue weighted by Crippen LogP contribution is -2.13. The van der Waals surface area contributed by atoms with Gasteiger partial charge in [0.2, 0.25) is 0 Å². The molecule has 7 heteroatoms. The number of rotatable bonds is 3. The van der Waals surface area contributed by atoms with Gasteiger partial charge in [-0.1, -0.05) is 18.2 Å². The molecule has 20 heavy (non-hydrogen) atoms. The zero-order chi connectivity index (χ0) is 14.1. The Morgan fingerprint density at radius 2 is 2.20 bits per heavy atom. The van der Waals surface area contributed by atoms with Crippen molar-refractivity contribution in [1.29, 1.82) is 0 Å². The van der Waals surface area contributed by atoms with Crippen molar-refractivity contribution in [2.24, 2.45) is 0 Å². The summed E-state index contributed by atoms with van der Waals surface area (Å²) in [5, 5.41) is 9.54. The summed E-state index contributed by atoms with van der Waals surface area (Å²) in [6, 6.07) is 9.42. The van der Waals surface area contributed by atoms with Crippen LogP contribution in [0, 0.1) is 6.92 Å². The fourth-order valence-electron chi connectivity index (χ4n) is 2.06. The molecule has 0 fully saturated rings. The number of para-hydroxylation sites is 1. The molecule has 3 rings (SSSR count). The molecular weight excluding hydrogens is 278 g/mol. The lowest BCUT2D eigenvalue weighted by atomic mass is 10.2. The lowest BCUT2D eigenvalue weighted by molar-refractivity contribution is 0.938. The van der Waals surface area contributed by atoms with Crippen LogP contribution >= 0.6 is 11.6 Å². The highest BCUT2D eigenvalue weighted by Crippen LogP contribution is 2.21. The SMILES string of the molecule is Cc1nc(Nc2ccccc2CCl)cc2n[nH]c(=O)n12. The molecule has 102 valence electrons. The summed E-state index contributed by atoms with van der Waals surface area (Å²) in [5.74, 6) is 1.59. The first-order valence-corrected chi connectivity index (χ1v) is 6.58. The van der Waals surface area contributed by atoms with Gasteiger partial charge in [-0.3, -0.25) is 0 Å². The third-order valence-electron chi connectivity index (χ3n) is 2.99. The fourth-order valence-corrected chi connectivity index (χ4v) is 2.29. The minimum atomic E-state index is -0.294. The smallest absolute Gasteiger partial charge is 0.340 e. The average Bonchev–Trinajstić information content (AvgIpc) is 2.81. The molecule has 6 nitrogen and oxygen atoms in total. The second-order valence-electron chi connectivity index (χ2n) is 4.33. The molecule has 3 aromatic rings. The van der Waals surface area contributed by atoms with E-state index >= 15 is 0 Å². The number of nitrogens with zero attached hydrogens (tertiary/aromatic N) is 3. The number of hydrogen-bond donors (Lipinski definition) is 2. The van der Waals surface area contributed by atoms with Gasteiger partial charge in [0.05, 0.1) is 0 Å². The number of aromatic amines is 1. The molecule has 0 unspecified atom stereocenters. The molecule has 0 radical (unpaired) electrons. The zero-order valence-corrected chi connectivity index (χ0v) is 11.5. The van der Waals surface area contributed by atoms with Crippen LogP contribution in [-0.4, -0.2) is 19.6 Å². The van der Waals surface area contributed by atoms with Gasteiger partial charge < -0.3 is 5.32 Å². The minimum Gasteiger partial charge on any atom is -0.340 e. The quantitative estimate of drug-likeness (QED) is 0.725. The van der Waals surface area contributed by atoms with Gasteiger partial charge in [-0.05, 0) is 18.6 Å². The summed E-state index contributed by atoms with van der Waals surface area (Å²) in [4.78, 5) is 15.9. The highest BCUT2D eigenvalue weighted by molar-refractivity contribution is 6.17. The maximum absolute atomic E-state index is 11.5. The van der Waals surface area contributed by atoms with Gasteiger partial charge in [-0.25, -0.2) is 19.3 Å². The van der Waals surface area contributed by atoms with Crippen molar-refractivity contribution in [2.45, 2.75) is 12.8 Å². The van der Waals surface area contributed by atoms with E-state index in [0.717, 1.165) is 11.3 Å². The Hall–Kier alpha value is -2.34. The van der Waals surface area contributed by atoms with Crippen molar-refractivity contribution in [2.75, 3.05) is 5.32 Å². The fraction of sp³-hybridized carbons (Fsp3) is 0.154. The number of halogens is 1. The normalized spacial score (nSPS) is 10.9. The highest BCUT2D eigenvalue weighted by atomic mass is 35.5. The predicted octanol–water partition coefficient (Wildman–Crippen LogP) is 2.21. The Morgan fingerprint density at radius 3 is 3.00 bits per heavy atom. The molecule has 0 saturated heterocycles. The van der Waals surface area contributed by atoms with E-state index in [-0.39, 0.29) is 5.69 Å². The molecule has 1 aromatic carbocycles. The standard InChI is InChI=1S/C13H12ClN5O/c1-8-15-11(6-12-17-18-13(20)19(8)12)16-10-5-3-2-4-9(10)7-14/h2-6,16H,7H2,1H3,(H,18,20). The Bertz CT molecular complexity index is 823. The second kappa shape index (κ2) is 4.97. The molecule has 0 amide bonds. The first-order chi connectivity index (χ1) is 9.69. The van der Waals surface area contributed by atoms with E-state index in [4.69, 9.17) is 11.6 Å². The molecule has 0 atom stereocenters. The van der Waals surface area contributed by atoms with Crippen molar-refractivity contribution in [3.8, 4) is 0 Å². The predicted molar refractivity (Wildman–Crippen MR) is 77.6 cm³/mol. The first kappa shape index (κ1) is 12.7. The van der Waals surface area contributed by atoms with Gasteiger partial charge in [-0.2, -0.15) is 5.10 Å². The van der Waals surface area contributed by atoms with Crippen molar-refractivity contribution < 1.29 is 0 Å². The van der Waals surface area contributed by atoms with Crippen LogP contribution < -0.4 is 11.0 Å². The van der Waals surface area contributed by atoms with Crippen molar-refractivity contribution in [3.05, 3.63) is 52.2 Å². The largest absolute Gasteiger partial charge is 0.349 e. The molecule has 0 aliphatic carbocycles. The van der Waals surface area contributed by atoms with Gasteiger partial charge in [-0.15, -0.1) is 11.6 Å². The van der Waals surface area contributed by atoms with E-state index < -0.39 is 0 Å². The molecule has 0 aliphatic rings. The third-order valence-corrected chi connectivity index (χ3v) is 3.28. The summed E-state index contributed by atoms with van der Waals surface area (Å²) >= 11 is 5.90. The summed E-state index contributed by atoms with van der Waals surface area (Å²) in [5.41, 5.74) is 2.09. The van der Waals surface area contributed by atoms with E-state index in [0.29, 0.717) is 23.2 Å². The number of aromatic nitrogens is 4. The summed E-state index contributed by atoms with van der Waals surface area (Å²) < 4.78 is 1.42. The number of benzene rings is 1. The maximum Gasteiger partial charge on any atom is 0.349 e. The average molecular weight is 290 g/mol. The molecular formula is C13H12ClN5O. The molecule has 0 bridgehead atoms.